The molecule has 0 radical (unpaired) electrons. The second-order valence-electron chi connectivity index (χ2n) is 4.51. The zero-order valence-electron chi connectivity index (χ0n) is 11.4. The van der Waals surface area contributed by atoms with E-state index in [1.807, 2.05) is 11.8 Å². The van der Waals surface area contributed by atoms with Crippen LogP contribution in [0.4, 0.5) is 4.79 Å². The zero-order valence-corrected chi connectivity index (χ0v) is 12.2. The van der Waals surface area contributed by atoms with E-state index in [-0.39, 0.29) is 18.9 Å². The molecule has 0 saturated carbocycles. The number of aliphatic carboxylic acids is 1. The van der Waals surface area contributed by atoms with Crippen molar-refractivity contribution in [1.29, 1.82) is 0 Å². The van der Waals surface area contributed by atoms with Gasteiger partial charge in [-0.25, -0.2) is 9.59 Å². The first-order chi connectivity index (χ1) is 9.52. The van der Waals surface area contributed by atoms with Crippen molar-refractivity contribution in [1.82, 2.24) is 10.6 Å². The first-order valence-corrected chi connectivity index (χ1v) is 7.62. The number of carboxylic acid groups (broad SMARTS) is 1. The van der Waals surface area contributed by atoms with E-state index in [1.54, 1.807) is 0 Å². The van der Waals surface area contributed by atoms with Gasteiger partial charge in [-0.3, -0.25) is 4.79 Å². The molecule has 0 aromatic carbocycles. The lowest BCUT2D eigenvalue weighted by Crippen LogP contribution is -2.49. The molecule has 0 aliphatic carbocycles. The topological polar surface area (TPSA) is 105 Å². The average Bonchev–Trinajstić information content (AvgIpc) is 2.43. The highest BCUT2D eigenvalue weighted by molar-refractivity contribution is 7.99. The monoisotopic (exact) mass is 304 g/mol. The maximum atomic E-state index is 11.7. The predicted octanol–water partition coefficient (Wildman–Crippen LogP) is 0.588. The highest BCUT2D eigenvalue weighted by atomic mass is 32.2. The molecule has 1 heterocycles. The standard InChI is InChI=1S/C12H20N2O5S/c1-19-10(15)3-2-9(11(16)17)14-12(18)13-8-4-6-20-7-5-8/h8-9H,2-7H2,1H3,(H,16,17)(H2,13,14,18)/t9-/m1/s1. The van der Waals surface area contributed by atoms with Crippen molar-refractivity contribution in [2.24, 2.45) is 0 Å². The molecule has 2 amide bonds. The van der Waals surface area contributed by atoms with Crippen molar-refractivity contribution in [2.75, 3.05) is 18.6 Å². The first-order valence-electron chi connectivity index (χ1n) is 6.47. The van der Waals surface area contributed by atoms with Crippen LogP contribution in [0.3, 0.4) is 0 Å². The molecular formula is C12H20N2O5S. The number of ether oxygens (including phenoxy) is 1. The van der Waals surface area contributed by atoms with Crippen LogP contribution < -0.4 is 10.6 Å². The van der Waals surface area contributed by atoms with Crippen molar-refractivity contribution >= 4 is 29.7 Å². The summed E-state index contributed by atoms with van der Waals surface area (Å²) >= 11 is 1.84. The van der Waals surface area contributed by atoms with Gasteiger partial charge in [0.05, 0.1) is 7.11 Å². The van der Waals surface area contributed by atoms with E-state index in [0.717, 1.165) is 24.3 Å². The Kier molecular flexibility index (Phi) is 7.21. The van der Waals surface area contributed by atoms with Crippen LogP contribution in [0.2, 0.25) is 0 Å². The van der Waals surface area contributed by atoms with Gasteiger partial charge in [-0.1, -0.05) is 0 Å². The third-order valence-electron chi connectivity index (χ3n) is 3.02. The average molecular weight is 304 g/mol. The van der Waals surface area contributed by atoms with E-state index in [9.17, 15) is 14.4 Å². The Balaban J connectivity index is 2.37. The largest absolute Gasteiger partial charge is 0.480 e. The molecule has 3 N–H and O–H groups in total. The van der Waals surface area contributed by atoms with Crippen LogP contribution in [0.1, 0.15) is 25.7 Å². The number of hydrogen-bond acceptors (Lipinski definition) is 5. The lowest BCUT2D eigenvalue weighted by molar-refractivity contribution is -0.142. The molecule has 1 saturated heterocycles. The van der Waals surface area contributed by atoms with Crippen LogP contribution in [0.5, 0.6) is 0 Å². The zero-order chi connectivity index (χ0) is 15.0. The van der Waals surface area contributed by atoms with Gasteiger partial charge in [0.25, 0.3) is 0 Å². The smallest absolute Gasteiger partial charge is 0.326 e. The molecule has 8 heteroatoms. The second kappa shape index (κ2) is 8.68. The van der Waals surface area contributed by atoms with Crippen LogP contribution >= 0.6 is 11.8 Å². The summed E-state index contributed by atoms with van der Waals surface area (Å²) in [6.45, 7) is 0. The number of rotatable bonds is 6. The number of carbonyl (C=O) groups excluding carboxylic acids is 2. The lowest BCUT2D eigenvalue weighted by Gasteiger charge is -2.23. The molecule has 0 aromatic rings. The minimum absolute atomic E-state index is 0.00987. The normalized spacial score (nSPS) is 17.1. The van der Waals surface area contributed by atoms with Gasteiger partial charge in [0, 0.05) is 12.5 Å². The summed E-state index contributed by atoms with van der Waals surface area (Å²) in [5, 5.41) is 14.2. The second-order valence-corrected chi connectivity index (χ2v) is 5.73. The van der Waals surface area contributed by atoms with Crippen molar-refractivity contribution in [2.45, 2.75) is 37.8 Å². The Morgan fingerprint density at radius 1 is 1.35 bits per heavy atom. The molecule has 7 nitrogen and oxygen atoms in total. The summed E-state index contributed by atoms with van der Waals surface area (Å²) in [6, 6.07) is -1.50. The number of thioether (sulfide) groups is 1. The fourth-order valence-electron chi connectivity index (χ4n) is 1.85. The van der Waals surface area contributed by atoms with Crippen molar-refractivity contribution < 1.29 is 24.2 Å². The summed E-state index contributed by atoms with van der Waals surface area (Å²) in [6.07, 6.45) is 1.74. The number of urea groups is 1. The third kappa shape index (κ3) is 6.14. The fraction of sp³-hybridized carbons (Fsp3) is 0.750. The summed E-state index contributed by atoms with van der Waals surface area (Å²) in [4.78, 5) is 33.8. The summed E-state index contributed by atoms with van der Waals surface area (Å²) in [5.74, 6) is 0.330. The predicted molar refractivity (Wildman–Crippen MR) is 74.7 cm³/mol. The molecule has 114 valence electrons. The third-order valence-corrected chi connectivity index (χ3v) is 4.07. The van der Waals surface area contributed by atoms with Gasteiger partial charge in [0.2, 0.25) is 0 Å². The Morgan fingerprint density at radius 3 is 2.55 bits per heavy atom. The van der Waals surface area contributed by atoms with Gasteiger partial charge < -0.3 is 20.5 Å². The molecule has 1 aliphatic heterocycles. The summed E-state index contributed by atoms with van der Waals surface area (Å²) < 4.78 is 4.44. The summed E-state index contributed by atoms with van der Waals surface area (Å²) in [7, 11) is 1.24. The number of hydrogen-bond donors (Lipinski definition) is 3. The highest BCUT2D eigenvalue weighted by Crippen LogP contribution is 2.16. The van der Waals surface area contributed by atoms with E-state index in [4.69, 9.17) is 5.11 Å². The van der Waals surface area contributed by atoms with Crippen molar-refractivity contribution in [3.8, 4) is 0 Å². The van der Waals surface area contributed by atoms with Crippen LogP contribution in [0.25, 0.3) is 0 Å². The van der Waals surface area contributed by atoms with Gasteiger partial charge in [0.1, 0.15) is 6.04 Å². The molecule has 1 fully saturated rings. The first kappa shape index (κ1) is 16.6. The van der Waals surface area contributed by atoms with E-state index in [0.29, 0.717) is 0 Å². The van der Waals surface area contributed by atoms with E-state index < -0.39 is 24.0 Å². The number of nitrogens with one attached hydrogen (secondary N) is 2. The molecule has 1 aliphatic rings. The maximum absolute atomic E-state index is 11.7. The van der Waals surface area contributed by atoms with Crippen molar-refractivity contribution in [3.05, 3.63) is 0 Å². The fourth-order valence-corrected chi connectivity index (χ4v) is 2.96. The van der Waals surface area contributed by atoms with Gasteiger partial charge in [0.15, 0.2) is 0 Å². The van der Waals surface area contributed by atoms with Gasteiger partial charge in [-0.05, 0) is 30.8 Å². The van der Waals surface area contributed by atoms with Crippen LogP contribution in [-0.4, -0.2) is 53.8 Å². The number of amides is 2. The van der Waals surface area contributed by atoms with E-state index in [1.165, 1.54) is 7.11 Å². The molecule has 0 bridgehead atoms. The Labute approximate surface area is 121 Å². The van der Waals surface area contributed by atoms with Crippen LogP contribution in [0.15, 0.2) is 0 Å². The molecule has 20 heavy (non-hydrogen) atoms. The maximum Gasteiger partial charge on any atom is 0.326 e. The lowest BCUT2D eigenvalue weighted by atomic mass is 10.1. The Hall–Kier alpha value is -1.44. The number of carboxylic acids is 1. The number of methoxy groups -OCH3 is 1. The number of esters is 1. The van der Waals surface area contributed by atoms with Crippen LogP contribution in [0, 0.1) is 0 Å². The summed E-state index contributed by atoms with van der Waals surface area (Å²) in [5.41, 5.74) is 0. The molecule has 0 aromatic heterocycles. The molecular weight excluding hydrogens is 284 g/mol. The Morgan fingerprint density at radius 2 is 2.00 bits per heavy atom. The molecule has 0 unspecified atom stereocenters. The Bertz CT molecular complexity index is 358. The SMILES string of the molecule is COC(=O)CC[C@@H](NC(=O)NC1CCSCC1)C(=O)O. The van der Waals surface area contributed by atoms with Gasteiger partial charge in [-0.2, -0.15) is 11.8 Å². The van der Waals surface area contributed by atoms with Gasteiger partial charge >= 0.3 is 18.0 Å². The minimum Gasteiger partial charge on any atom is -0.480 e. The van der Waals surface area contributed by atoms with Crippen LogP contribution in [-0.2, 0) is 14.3 Å². The minimum atomic E-state index is -1.16. The molecule has 1 atom stereocenters. The van der Waals surface area contributed by atoms with Crippen molar-refractivity contribution in [3.63, 3.8) is 0 Å². The van der Waals surface area contributed by atoms with E-state index >= 15 is 0 Å². The molecule has 1 rings (SSSR count). The highest BCUT2D eigenvalue weighted by Gasteiger charge is 2.23. The van der Waals surface area contributed by atoms with Gasteiger partial charge in [-0.15, -0.1) is 0 Å². The van der Waals surface area contributed by atoms with E-state index in [2.05, 4.69) is 15.4 Å². The molecule has 0 spiro atoms. The number of carbonyl (C=O) groups is 3. The quantitative estimate of drug-likeness (QED) is 0.620.